The second kappa shape index (κ2) is 4.27. The highest BCUT2D eigenvalue weighted by molar-refractivity contribution is 5.70. The summed E-state index contributed by atoms with van der Waals surface area (Å²) in [7, 11) is 3.01. The summed E-state index contributed by atoms with van der Waals surface area (Å²) < 4.78 is 9.88. The van der Waals surface area contributed by atoms with Gasteiger partial charge in [-0.15, -0.1) is 0 Å². The first-order chi connectivity index (χ1) is 10.7. The number of carbonyl (C=O) groups excluding carboxylic acids is 2. The van der Waals surface area contributed by atoms with E-state index in [1.807, 2.05) is 0 Å². The fourth-order valence-electron chi connectivity index (χ4n) is 8.05. The highest BCUT2D eigenvalue weighted by atomic mass is 16.5. The maximum atomic E-state index is 11.8. The fourth-order valence-corrected chi connectivity index (χ4v) is 8.05. The zero-order chi connectivity index (χ0) is 15.2. The summed E-state index contributed by atoms with van der Waals surface area (Å²) in [5.41, 5.74) is 0. The molecule has 0 N–H and O–H groups in total. The minimum atomic E-state index is -0.0296. The van der Waals surface area contributed by atoms with Crippen LogP contribution >= 0.6 is 0 Å². The normalized spacial score (nSPS) is 55.2. The fraction of sp³-hybridized carbons (Fsp3) is 0.889. The molecule has 0 radical (unpaired) electrons. The Hall–Kier alpha value is -1.06. The van der Waals surface area contributed by atoms with Gasteiger partial charge in [0.25, 0.3) is 0 Å². The molecule has 0 amide bonds. The Morgan fingerprint density at radius 1 is 0.727 bits per heavy atom. The molecule has 0 bridgehead atoms. The van der Waals surface area contributed by atoms with Crippen LogP contribution in [0.5, 0.6) is 0 Å². The van der Waals surface area contributed by atoms with Gasteiger partial charge in [-0.2, -0.15) is 0 Å². The van der Waals surface area contributed by atoms with Crippen molar-refractivity contribution in [3.63, 3.8) is 0 Å². The molecule has 22 heavy (non-hydrogen) atoms. The van der Waals surface area contributed by atoms with Gasteiger partial charge >= 0.3 is 11.9 Å². The van der Waals surface area contributed by atoms with Gasteiger partial charge in [0.15, 0.2) is 0 Å². The lowest BCUT2D eigenvalue weighted by atomic mass is 9.60. The molecule has 5 rings (SSSR count). The first-order valence-corrected chi connectivity index (χ1v) is 8.79. The zero-order valence-electron chi connectivity index (χ0n) is 13.2. The van der Waals surface area contributed by atoms with E-state index in [0.717, 1.165) is 47.3 Å². The number of esters is 2. The zero-order valence-corrected chi connectivity index (χ0v) is 13.2. The highest BCUT2D eigenvalue weighted by Gasteiger charge is 2.78. The largest absolute Gasteiger partial charge is 0.469 e. The van der Waals surface area contributed by atoms with Crippen LogP contribution in [0, 0.1) is 59.2 Å². The van der Waals surface area contributed by atoms with E-state index in [4.69, 9.17) is 9.47 Å². The van der Waals surface area contributed by atoms with Crippen molar-refractivity contribution < 1.29 is 19.1 Å². The second-order valence-corrected chi connectivity index (χ2v) is 8.32. The van der Waals surface area contributed by atoms with Crippen LogP contribution in [0.3, 0.4) is 0 Å². The molecule has 10 atom stereocenters. The SMILES string of the molecule is COC(=O)CC1[C@@H]2C[C@H]3C4C2C2C4[C@H](C[C@@H]21)C3CC(=O)OC. The molecule has 0 aliphatic heterocycles. The number of carbonyl (C=O) groups is 2. The minimum absolute atomic E-state index is 0.0296. The maximum Gasteiger partial charge on any atom is 0.305 e. The highest BCUT2D eigenvalue weighted by Crippen LogP contribution is 2.83. The number of hydrogen-bond acceptors (Lipinski definition) is 4. The van der Waals surface area contributed by atoms with Crippen LogP contribution < -0.4 is 0 Å². The van der Waals surface area contributed by atoms with Gasteiger partial charge < -0.3 is 9.47 Å². The molecule has 5 aliphatic rings. The van der Waals surface area contributed by atoms with Crippen LogP contribution in [0.15, 0.2) is 0 Å². The molecular weight excluding hydrogens is 280 g/mol. The third kappa shape index (κ3) is 1.36. The van der Waals surface area contributed by atoms with Crippen molar-refractivity contribution in [2.75, 3.05) is 14.2 Å². The van der Waals surface area contributed by atoms with Crippen molar-refractivity contribution in [2.45, 2.75) is 25.7 Å². The predicted molar refractivity (Wildman–Crippen MR) is 77.4 cm³/mol. The molecule has 0 aromatic carbocycles. The first kappa shape index (κ1) is 13.4. The van der Waals surface area contributed by atoms with E-state index >= 15 is 0 Å². The van der Waals surface area contributed by atoms with Gasteiger partial charge in [-0.1, -0.05) is 0 Å². The van der Waals surface area contributed by atoms with Crippen LogP contribution in [-0.2, 0) is 19.1 Å². The van der Waals surface area contributed by atoms with Crippen LogP contribution in [0.2, 0.25) is 0 Å². The Labute approximate surface area is 130 Å². The van der Waals surface area contributed by atoms with E-state index in [9.17, 15) is 9.59 Å². The van der Waals surface area contributed by atoms with E-state index in [1.165, 1.54) is 27.1 Å². The Bertz CT molecular complexity index is 459. The quantitative estimate of drug-likeness (QED) is 0.747. The molecule has 0 aromatic rings. The molecule has 5 fully saturated rings. The smallest absolute Gasteiger partial charge is 0.305 e. The average Bonchev–Trinajstić information content (AvgIpc) is 3.11. The summed E-state index contributed by atoms with van der Waals surface area (Å²) in [4.78, 5) is 23.6. The van der Waals surface area contributed by atoms with E-state index in [2.05, 4.69) is 0 Å². The van der Waals surface area contributed by atoms with Gasteiger partial charge in [0.2, 0.25) is 0 Å². The van der Waals surface area contributed by atoms with Crippen molar-refractivity contribution >= 4 is 11.9 Å². The van der Waals surface area contributed by atoms with E-state index in [0.29, 0.717) is 24.7 Å². The number of rotatable bonds is 4. The molecule has 5 saturated carbocycles. The monoisotopic (exact) mass is 304 g/mol. The lowest BCUT2D eigenvalue weighted by molar-refractivity contribution is -0.142. The summed E-state index contributed by atoms with van der Waals surface area (Å²) in [6.07, 6.45) is 3.75. The lowest BCUT2D eigenvalue weighted by Gasteiger charge is -2.44. The van der Waals surface area contributed by atoms with Crippen molar-refractivity contribution in [3.05, 3.63) is 0 Å². The lowest BCUT2D eigenvalue weighted by Crippen LogP contribution is -2.41. The summed E-state index contributed by atoms with van der Waals surface area (Å²) in [6, 6.07) is 0. The summed E-state index contributed by atoms with van der Waals surface area (Å²) in [5.74, 6) is 7.41. The van der Waals surface area contributed by atoms with Gasteiger partial charge in [0, 0.05) is 12.8 Å². The van der Waals surface area contributed by atoms with Crippen LogP contribution in [0.1, 0.15) is 25.7 Å². The molecule has 4 heteroatoms. The van der Waals surface area contributed by atoms with Gasteiger partial charge in [-0.05, 0) is 72.0 Å². The van der Waals surface area contributed by atoms with Gasteiger partial charge in [-0.3, -0.25) is 9.59 Å². The molecular formula is C18H24O4. The van der Waals surface area contributed by atoms with Crippen LogP contribution in [-0.4, -0.2) is 26.2 Å². The summed E-state index contributed by atoms with van der Waals surface area (Å²) >= 11 is 0. The molecule has 0 saturated heterocycles. The van der Waals surface area contributed by atoms with E-state index < -0.39 is 0 Å². The van der Waals surface area contributed by atoms with Gasteiger partial charge in [-0.25, -0.2) is 0 Å². The minimum Gasteiger partial charge on any atom is -0.469 e. The molecule has 6 unspecified atom stereocenters. The molecule has 0 aromatic heterocycles. The Balaban J connectivity index is 1.43. The average molecular weight is 304 g/mol. The standard InChI is InChI=1S/C18H24O4/c1-21-13(19)5-7-9-3-11-8(6-14(20)22-2)12-4-10(7)16-15(9)17(11)18(12)16/h7-12,15-18H,3-6H2,1-2H3/t7?,8?,9-,10-,11-,12+,15?,16?,17?,18?/m1/s1. The van der Waals surface area contributed by atoms with Crippen LogP contribution in [0.25, 0.3) is 0 Å². The maximum absolute atomic E-state index is 11.8. The summed E-state index contributed by atoms with van der Waals surface area (Å²) in [5, 5.41) is 0. The third-order valence-corrected chi connectivity index (χ3v) is 8.30. The Morgan fingerprint density at radius 2 is 1.05 bits per heavy atom. The molecule has 0 heterocycles. The van der Waals surface area contributed by atoms with E-state index in [1.54, 1.807) is 0 Å². The van der Waals surface area contributed by atoms with Crippen LogP contribution in [0.4, 0.5) is 0 Å². The van der Waals surface area contributed by atoms with Gasteiger partial charge in [0.05, 0.1) is 14.2 Å². The van der Waals surface area contributed by atoms with Crippen molar-refractivity contribution in [3.8, 4) is 0 Å². The predicted octanol–water partition coefficient (Wildman–Crippen LogP) is 2.12. The molecule has 0 spiro atoms. The number of ether oxygens (including phenoxy) is 2. The molecule has 4 nitrogen and oxygen atoms in total. The Morgan fingerprint density at radius 3 is 1.32 bits per heavy atom. The second-order valence-electron chi connectivity index (χ2n) is 8.32. The number of methoxy groups -OCH3 is 2. The van der Waals surface area contributed by atoms with E-state index in [-0.39, 0.29) is 11.9 Å². The Kier molecular flexibility index (Phi) is 2.60. The van der Waals surface area contributed by atoms with Crippen molar-refractivity contribution in [1.29, 1.82) is 0 Å². The topological polar surface area (TPSA) is 52.6 Å². The summed E-state index contributed by atoms with van der Waals surface area (Å²) in [6.45, 7) is 0. The third-order valence-electron chi connectivity index (χ3n) is 8.30. The number of hydrogen-bond donors (Lipinski definition) is 0. The van der Waals surface area contributed by atoms with Gasteiger partial charge in [0.1, 0.15) is 0 Å². The first-order valence-electron chi connectivity index (χ1n) is 8.79. The molecule has 120 valence electrons. The van der Waals surface area contributed by atoms with Crippen molar-refractivity contribution in [1.82, 2.24) is 0 Å². The van der Waals surface area contributed by atoms with Crippen molar-refractivity contribution in [2.24, 2.45) is 59.2 Å². The molecule has 5 aliphatic carbocycles.